The van der Waals surface area contributed by atoms with Crippen LogP contribution in [0.5, 0.6) is 0 Å². The maximum Gasteiger partial charge on any atom is 1.00 e. The van der Waals surface area contributed by atoms with Gasteiger partial charge in [-0.25, -0.2) is 19.3 Å². The number of unbranched alkanes of at least 4 members (excludes halogenated alkanes) is 4. The number of amides is 2. The average Bonchev–Trinajstić information content (AvgIpc) is 3.68. The number of hydrogen-bond donors (Lipinski definition) is 6. The first-order chi connectivity index (χ1) is 26.6. The summed E-state index contributed by atoms with van der Waals surface area (Å²) in [4.78, 5) is 94.1. The molecule has 0 spiro atoms. The zero-order valence-electron chi connectivity index (χ0n) is 32.2. The molecule has 0 saturated carbocycles. The van der Waals surface area contributed by atoms with Crippen LogP contribution in [0.15, 0.2) is 12.7 Å². The molecule has 8 atom stereocenters. The Morgan fingerprint density at radius 2 is 1.71 bits per heavy atom. The van der Waals surface area contributed by atoms with Gasteiger partial charge < -0.3 is 64.5 Å². The Morgan fingerprint density at radius 3 is 2.38 bits per heavy atom. The Labute approximate surface area is 359 Å². The van der Waals surface area contributed by atoms with E-state index in [1.807, 2.05) is 0 Å². The monoisotopic (exact) mass is 913 g/mol. The molecule has 1 saturated heterocycles. The summed E-state index contributed by atoms with van der Waals surface area (Å²) < 4.78 is 60.9. The molecule has 2 aromatic heterocycles. The molecule has 324 valence electrons. The van der Waals surface area contributed by atoms with Gasteiger partial charge in [-0.15, -0.1) is 0 Å². The van der Waals surface area contributed by atoms with Crippen molar-refractivity contribution in [2.45, 2.75) is 96.4 Å². The second-order valence-electron chi connectivity index (χ2n) is 13.4. The minimum Gasteiger partial charge on any atom is -0.756 e. The minimum absolute atomic E-state index is 0. The van der Waals surface area contributed by atoms with E-state index in [2.05, 4.69) is 50.4 Å². The molecule has 0 aliphatic carbocycles. The molecule has 0 radical (unpaired) electrons. The number of nitrogens with zero attached hydrogens (tertiary/aromatic N) is 4. The number of carbonyl (C=O) groups excluding carboxylic acids is 3. The quantitative estimate of drug-likeness (QED) is 0.0315. The van der Waals surface area contributed by atoms with Crippen LogP contribution >= 0.6 is 35.2 Å². The number of aromatic nitrogens is 4. The van der Waals surface area contributed by atoms with Crippen molar-refractivity contribution in [2.75, 3.05) is 37.8 Å². The van der Waals surface area contributed by atoms with Crippen LogP contribution in [0.2, 0.25) is 0 Å². The number of imidazole rings is 1. The number of nitrogens with one attached hydrogen (secondary N) is 2. The van der Waals surface area contributed by atoms with Crippen LogP contribution in [0.3, 0.4) is 0 Å². The maximum atomic E-state index is 12.5. The molecule has 1 aliphatic rings. The second-order valence-corrected chi connectivity index (χ2v) is 18.6. The average molecular weight is 914 g/mol. The van der Waals surface area contributed by atoms with Gasteiger partial charge in [-0.3, -0.25) is 32.6 Å². The van der Waals surface area contributed by atoms with E-state index in [9.17, 15) is 57.9 Å². The number of aliphatic hydroxyl groups is 2. The van der Waals surface area contributed by atoms with Crippen LogP contribution in [0.4, 0.5) is 5.82 Å². The molecule has 3 heterocycles. The van der Waals surface area contributed by atoms with Crippen molar-refractivity contribution in [3.05, 3.63) is 12.7 Å². The van der Waals surface area contributed by atoms with Crippen molar-refractivity contribution in [1.82, 2.24) is 30.2 Å². The number of nitrogen functional groups attached to an aromatic ring is 1. The van der Waals surface area contributed by atoms with Crippen LogP contribution < -0.4 is 60.6 Å². The Kier molecular flexibility index (Phi) is 21.5. The third-order valence-electron chi connectivity index (χ3n) is 8.23. The van der Waals surface area contributed by atoms with Gasteiger partial charge in [0.1, 0.15) is 36.3 Å². The van der Waals surface area contributed by atoms with E-state index in [0.717, 1.165) is 61.1 Å². The van der Waals surface area contributed by atoms with Crippen LogP contribution in [0, 0.1) is 5.41 Å². The van der Waals surface area contributed by atoms with Gasteiger partial charge in [0, 0.05) is 37.1 Å². The summed E-state index contributed by atoms with van der Waals surface area (Å²) in [6.45, 7) is 2.32. The largest absolute Gasteiger partial charge is 1.00 e. The number of aliphatic hydroxyl groups excluding tert-OH is 2. The Bertz CT molecular complexity index is 1820. The molecule has 0 bridgehead atoms. The molecule has 2 aromatic rings. The van der Waals surface area contributed by atoms with Gasteiger partial charge in [0.15, 0.2) is 22.8 Å². The zero-order chi connectivity index (χ0) is 42.6. The maximum absolute atomic E-state index is 12.5. The molecule has 58 heavy (non-hydrogen) atoms. The Balaban J connectivity index is 0.0000116. The van der Waals surface area contributed by atoms with E-state index in [1.165, 1.54) is 13.8 Å². The van der Waals surface area contributed by atoms with Crippen molar-refractivity contribution in [3.8, 4) is 0 Å². The summed E-state index contributed by atoms with van der Waals surface area (Å²) in [6, 6.07) is 0. The molecule has 2 amide bonds. The van der Waals surface area contributed by atoms with Gasteiger partial charge in [-0.1, -0.05) is 58.2 Å². The smallest absolute Gasteiger partial charge is 0.756 e. The van der Waals surface area contributed by atoms with Crippen LogP contribution in [-0.4, -0.2) is 108 Å². The topological polar surface area (TPSA) is 372 Å². The van der Waals surface area contributed by atoms with E-state index in [1.54, 1.807) is 0 Å². The fraction of sp³-hybridized carbons (Fsp3) is 0.724. The molecule has 3 rings (SSSR count). The Morgan fingerprint density at radius 1 is 1.03 bits per heavy atom. The van der Waals surface area contributed by atoms with E-state index in [0.29, 0.717) is 12.2 Å². The number of fused-ring (bicyclic) bond motifs is 1. The first-order valence-electron chi connectivity index (χ1n) is 17.5. The number of phosphoric ester groups is 3. The van der Waals surface area contributed by atoms with Gasteiger partial charge in [0.25, 0.3) is 23.5 Å². The number of phosphoric acid groups is 3. The standard InChI is InChI=1S/C29H50N7O17P3S.Na/c1-4-5-6-7-8-9-20(38)57-13-12-31-19(37)10-11-32-27(41)24(40)29(2,3)15-50-56(47,48)53-55(45,46)49-14-18-23(52-54(42,43)44)22(39)28(51-18)36-17-35-21-25(30)33-16-34-26(21)36;/h16-18,22-24,28,39-40H,4-15H2,1-3H3,(H,31,37)(H,32,41)(H,45,46)(H,47,48)(H2,30,33,34)(H2,42,43,44);/q;+1/p-3. The molecular formula is C29H47N7NaO17P3S-2. The third kappa shape index (κ3) is 17.1. The predicted octanol–water partition coefficient (Wildman–Crippen LogP) is -3.87. The SMILES string of the molecule is CCCCCCCC(=O)SCCNC(=O)CCNC(=O)C(O)C(C)(C)COP(=O)([O-])OP(=O)([O-])OCC1OC(n2cnc3c(N)ncnc32)C(O)C1OP(=O)([O-])O.[Na+]. The number of hydrogen-bond acceptors (Lipinski definition) is 21. The molecule has 7 N–H and O–H groups in total. The summed E-state index contributed by atoms with van der Waals surface area (Å²) >= 11 is 1.12. The van der Waals surface area contributed by atoms with E-state index < -0.39 is 84.6 Å². The molecule has 1 fully saturated rings. The molecule has 24 nitrogen and oxygen atoms in total. The fourth-order valence-corrected chi connectivity index (χ4v) is 8.69. The summed E-state index contributed by atoms with van der Waals surface area (Å²) in [5, 5.41) is 26.3. The van der Waals surface area contributed by atoms with Gasteiger partial charge >= 0.3 is 29.6 Å². The predicted molar refractivity (Wildman–Crippen MR) is 194 cm³/mol. The summed E-state index contributed by atoms with van der Waals surface area (Å²) in [6.07, 6.45) is -1.73. The number of nitrogens with two attached hydrogens (primary N) is 1. The molecular weight excluding hydrogens is 866 g/mol. The first-order valence-corrected chi connectivity index (χ1v) is 23.0. The van der Waals surface area contributed by atoms with Crippen LogP contribution in [-0.2, 0) is 50.7 Å². The van der Waals surface area contributed by atoms with Crippen LogP contribution in [0.25, 0.3) is 11.2 Å². The number of rotatable bonds is 25. The zero-order valence-corrected chi connectivity index (χ0v) is 37.7. The van der Waals surface area contributed by atoms with Crippen LogP contribution in [0.1, 0.15) is 71.9 Å². The van der Waals surface area contributed by atoms with Crippen molar-refractivity contribution in [2.24, 2.45) is 5.41 Å². The number of thioether (sulfide) groups is 1. The van der Waals surface area contributed by atoms with Gasteiger partial charge in [-0.2, -0.15) is 0 Å². The summed E-state index contributed by atoms with van der Waals surface area (Å²) in [7, 11) is -17.3. The molecule has 8 unspecified atom stereocenters. The first kappa shape index (κ1) is 52.7. The van der Waals surface area contributed by atoms with Crippen molar-refractivity contribution in [3.63, 3.8) is 0 Å². The van der Waals surface area contributed by atoms with Gasteiger partial charge in [0.2, 0.25) is 11.8 Å². The molecule has 29 heteroatoms. The third-order valence-corrected chi connectivity index (χ3v) is 12.2. The number of ether oxygens (including phenoxy) is 1. The second kappa shape index (κ2) is 23.7. The molecule has 1 aliphatic heterocycles. The number of anilines is 1. The summed E-state index contributed by atoms with van der Waals surface area (Å²) in [5.74, 6) is -1.12. The van der Waals surface area contributed by atoms with Gasteiger partial charge in [-0.05, 0) is 6.42 Å². The van der Waals surface area contributed by atoms with Crippen molar-refractivity contribution >= 4 is 69.1 Å². The number of carbonyl (C=O) groups is 3. The molecule has 0 aromatic carbocycles. The Hall–Kier alpha value is -1.44. The minimum atomic E-state index is -5.89. The fourth-order valence-electron chi connectivity index (χ4n) is 5.22. The van der Waals surface area contributed by atoms with Crippen molar-refractivity contribution in [1.29, 1.82) is 0 Å². The summed E-state index contributed by atoms with van der Waals surface area (Å²) in [5.41, 5.74) is 4.12. The van der Waals surface area contributed by atoms with E-state index >= 15 is 0 Å². The van der Waals surface area contributed by atoms with E-state index in [4.69, 9.17) is 10.5 Å². The van der Waals surface area contributed by atoms with E-state index in [-0.39, 0.29) is 71.2 Å². The normalized spacial score (nSPS) is 21.9. The van der Waals surface area contributed by atoms with Gasteiger partial charge in [0.05, 0.1) is 19.5 Å². The van der Waals surface area contributed by atoms with Crippen molar-refractivity contribution < 1.29 is 110 Å².